The number of carbonyl (C=O) groups excluding carboxylic acids is 1. The lowest BCUT2D eigenvalue weighted by Gasteiger charge is -2.31. The molecule has 2 aromatic carbocycles. The number of likely N-dealkylation sites (tertiary alicyclic amines) is 1. The summed E-state index contributed by atoms with van der Waals surface area (Å²) in [7, 11) is 0. The van der Waals surface area contributed by atoms with Crippen molar-refractivity contribution >= 4 is 16.8 Å². The van der Waals surface area contributed by atoms with Crippen LogP contribution in [0.25, 0.3) is 10.9 Å². The van der Waals surface area contributed by atoms with Crippen LogP contribution in [0.4, 0.5) is 4.39 Å². The van der Waals surface area contributed by atoms with Gasteiger partial charge in [-0.3, -0.25) is 4.79 Å². The normalized spacial score (nSPS) is 15.8. The quantitative estimate of drug-likeness (QED) is 0.749. The van der Waals surface area contributed by atoms with Crippen molar-refractivity contribution in [3.8, 4) is 0 Å². The predicted molar refractivity (Wildman–Crippen MR) is 92.6 cm³/mol. The largest absolute Gasteiger partial charge is 0.358 e. The molecule has 4 heteroatoms. The molecular weight excluding hydrogens is 303 g/mol. The summed E-state index contributed by atoms with van der Waals surface area (Å²) in [4.78, 5) is 17.8. The van der Waals surface area contributed by atoms with Gasteiger partial charge in [-0.05, 0) is 48.6 Å². The van der Waals surface area contributed by atoms with Crippen LogP contribution in [0.1, 0.15) is 34.8 Å². The molecule has 122 valence electrons. The van der Waals surface area contributed by atoms with Crippen LogP contribution >= 0.6 is 0 Å². The van der Waals surface area contributed by atoms with E-state index in [-0.39, 0.29) is 11.7 Å². The fraction of sp³-hybridized carbons (Fsp3) is 0.250. The predicted octanol–water partition coefficient (Wildman–Crippen LogP) is 4.33. The number of rotatable bonds is 2. The highest BCUT2D eigenvalue weighted by atomic mass is 19.1. The number of benzene rings is 2. The molecule has 1 amide bonds. The number of hydrogen-bond acceptors (Lipinski definition) is 1. The Labute approximate surface area is 140 Å². The molecule has 1 aliphatic rings. The molecule has 0 saturated carbocycles. The highest BCUT2D eigenvalue weighted by Crippen LogP contribution is 2.30. The van der Waals surface area contributed by atoms with Gasteiger partial charge in [-0.15, -0.1) is 0 Å². The third-order valence-corrected chi connectivity index (χ3v) is 4.84. The third kappa shape index (κ3) is 2.80. The summed E-state index contributed by atoms with van der Waals surface area (Å²) in [6.07, 6.45) is 1.85. The number of halogens is 1. The minimum atomic E-state index is -0.367. The molecule has 1 saturated heterocycles. The Bertz CT molecular complexity index is 845. The van der Waals surface area contributed by atoms with E-state index < -0.39 is 0 Å². The Balaban J connectivity index is 1.45. The van der Waals surface area contributed by atoms with Crippen molar-refractivity contribution in [2.45, 2.75) is 18.8 Å². The molecule has 1 fully saturated rings. The number of piperidine rings is 1. The van der Waals surface area contributed by atoms with Crippen molar-refractivity contribution in [2.75, 3.05) is 13.1 Å². The van der Waals surface area contributed by atoms with E-state index in [4.69, 9.17) is 0 Å². The van der Waals surface area contributed by atoms with Gasteiger partial charge in [0.1, 0.15) is 5.82 Å². The number of amides is 1. The smallest absolute Gasteiger partial charge is 0.253 e. The Morgan fingerprint density at radius 3 is 2.58 bits per heavy atom. The number of nitrogens with one attached hydrogen (secondary N) is 1. The fourth-order valence-corrected chi connectivity index (χ4v) is 3.51. The average molecular weight is 322 g/mol. The third-order valence-electron chi connectivity index (χ3n) is 4.84. The van der Waals surface area contributed by atoms with E-state index >= 15 is 0 Å². The van der Waals surface area contributed by atoms with Crippen LogP contribution in [0.5, 0.6) is 0 Å². The van der Waals surface area contributed by atoms with E-state index in [1.54, 1.807) is 12.1 Å². The SMILES string of the molecule is O=C(c1cccc(F)c1)N1CCC(c2cc3ccccc3[nH]2)CC1. The summed E-state index contributed by atoms with van der Waals surface area (Å²) in [6, 6.07) is 16.4. The van der Waals surface area contributed by atoms with Crippen LogP contribution in [0, 0.1) is 5.82 Å². The molecule has 1 aromatic heterocycles. The first-order valence-corrected chi connectivity index (χ1v) is 8.33. The molecule has 0 unspecified atom stereocenters. The van der Waals surface area contributed by atoms with E-state index in [1.165, 1.54) is 23.2 Å². The number of fused-ring (bicyclic) bond motifs is 1. The van der Waals surface area contributed by atoms with E-state index in [9.17, 15) is 9.18 Å². The van der Waals surface area contributed by atoms with E-state index in [2.05, 4.69) is 23.2 Å². The molecule has 24 heavy (non-hydrogen) atoms. The van der Waals surface area contributed by atoms with Crippen molar-refractivity contribution in [3.63, 3.8) is 0 Å². The number of H-pyrrole nitrogens is 1. The van der Waals surface area contributed by atoms with Crippen LogP contribution in [0.3, 0.4) is 0 Å². The number of nitrogens with zero attached hydrogens (tertiary/aromatic N) is 1. The highest BCUT2D eigenvalue weighted by Gasteiger charge is 2.25. The molecule has 0 bridgehead atoms. The number of carbonyl (C=O) groups is 1. The lowest BCUT2D eigenvalue weighted by molar-refractivity contribution is 0.0711. The molecule has 3 nitrogen and oxygen atoms in total. The Morgan fingerprint density at radius 1 is 1.04 bits per heavy atom. The minimum absolute atomic E-state index is 0.0791. The van der Waals surface area contributed by atoms with E-state index in [0.717, 1.165) is 18.4 Å². The summed E-state index contributed by atoms with van der Waals surface area (Å²) in [5, 5.41) is 1.23. The lowest BCUT2D eigenvalue weighted by atomic mass is 9.93. The summed E-state index contributed by atoms with van der Waals surface area (Å²) in [5.74, 6) is -0.00707. The van der Waals surface area contributed by atoms with Gasteiger partial charge in [-0.2, -0.15) is 0 Å². The van der Waals surface area contributed by atoms with Crippen LogP contribution in [-0.2, 0) is 0 Å². The second-order valence-corrected chi connectivity index (χ2v) is 6.39. The monoisotopic (exact) mass is 322 g/mol. The van der Waals surface area contributed by atoms with Crippen LogP contribution in [0.15, 0.2) is 54.6 Å². The molecule has 0 atom stereocenters. The highest BCUT2D eigenvalue weighted by molar-refractivity contribution is 5.94. The van der Waals surface area contributed by atoms with E-state index in [0.29, 0.717) is 24.6 Å². The Kier molecular flexibility index (Phi) is 3.81. The average Bonchev–Trinajstić information content (AvgIpc) is 3.05. The maximum absolute atomic E-state index is 13.3. The zero-order valence-electron chi connectivity index (χ0n) is 13.3. The second-order valence-electron chi connectivity index (χ2n) is 6.39. The maximum Gasteiger partial charge on any atom is 0.253 e. The molecule has 0 radical (unpaired) electrons. The minimum Gasteiger partial charge on any atom is -0.358 e. The van der Waals surface area contributed by atoms with Crippen molar-refractivity contribution in [1.29, 1.82) is 0 Å². The molecule has 0 spiro atoms. The van der Waals surface area contributed by atoms with Gasteiger partial charge in [0.25, 0.3) is 5.91 Å². The molecule has 0 aliphatic carbocycles. The molecule has 4 rings (SSSR count). The van der Waals surface area contributed by atoms with Gasteiger partial charge in [0.05, 0.1) is 0 Å². The Hall–Kier alpha value is -2.62. The Morgan fingerprint density at radius 2 is 1.83 bits per heavy atom. The van der Waals surface area contributed by atoms with Crippen LogP contribution in [0.2, 0.25) is 0 Å². The lowest BCUT2D eigenvalue weighted by Crippen LogP contribution is -2.38. The number of aromatic nitrogens is 1. The van der Waals surface area contributed by atoms with Gasteiger partial charge in [-0.1, -0.05) is 24.3 Å². The van der Waals surface area contributed by atoms with Crippen molar-refractivity contribution < 1.29 is 9.18 Å². The summed E-state index contributed by atoms with van der Waals surface area (Å²) in [5.41, 5.74) is 2.83. The molecule has 1 aliphatic heterocycles. The first kappa shape index (κ1) is 14.9. The molecule has 2 heterocycles. The second kappa shape index (κ2) is 6.11. The summed E-state index contributed by atoms with van der Waals surface area (Å²) in [6.45, 7) is 1.41. The first-order chi connectivity index (χ1) is 11.7. The summed E-state index contributed by atoms with van der Waals surface area (Å²) >= 11 is 0. The van der Waals surface area contributed by atoms with Crippen molar-refractivity contribution in [3.05, 3.63) is 71.7 Å². The summed E-state index contributed by atoms with van der Waals surface area (Å²) < 4.78 is 13.3. The zero-order chi connectivity index (χ0) is 16.5. The van der Waals surface area contributed by atoms with E-state index in [1.807, 2.05) is 17.0 Å². The van der Waals surface area contributed by atoms with Gasteiger partial charge >= 0.3 is 0 Å². The maximum atomic E-state index is 13.3. The standard InChI is InChI=1S/C20H19FN2O/c21-17-6-3-5-16(12-17)20(24)23-10-8-14(9-11-23)19-13-15-4-1-2-7-18(15)22-19/h1-7,12-14,22H,8-11H2. The first-order valence-electron chi connectivity index (χ1n) is 8.33. The van der Waals surface area contributed by atoms with Gasteiger partial charge in [0, 0.05) is 35.8 Å². The van der Waals surface area contributed by atoms with Crippen LogP contribution in [-0.4, -0.2) is 28.9 Å². The van der Waals surface area contributed by atoms with Gasteiger partial charge in [0.15, 0.2) is 0 Å². The topological polar surface area (TPSA) is 36.1 Å². The van der Waals surface area contributed by atoms with Crippen LogP contribution < -0.4 is 0 Å². The molecule has 3 aromatic rings. The molecule has 1 N–H and O–H groups in total. The molecular formula is C20H19FN2O. The van der Waals surface area contributed by atoms with Gasteiger partial charge < -0.3 is 9.88 Å². The zero-order valence-corrected chi connectivity index (χ0v) is 13.3. The fourth-order valence-electron chi connectivity index (χ4n) is 3.51. The number of hydrogen-bond donors (Lipinski definition) is 1. The van der Waals surface area contributed by atoms with Gasteiger partial charge in [-0.25, -0.2) is 4.39 Å². The number of para-hydroxylation sites is 1. The van der Waals surface area contributed by atoms with Gasteiger partial charge in [0.2, 0.25) is 0 Å². The number of aromatic amines is 1. The van der Waals surface area contributed by atoms with Crippen molar-refractivity contribution in [2.24, 2.45) is 0 Å². The van der Waals surface area contributed by atoms with Crippen molar-refractivity contribution in [1.82, 2.24) is 9.88 Å².